The van der Waals surface area contributed by atoms with E-state index in [1.165, 1.54) is 11.1 Å². The molecule has 0 aromatic heterocycles. The van der Waals surface area contributed by atoms with E-state index in [2.05, 4.69) is 22.4 Å². The van der Waals surface area contributed by atoms with Crippen molar-refractivity contribution in [3.8, 4) is 0 Å². The second kappa shape index (κ2) is 3.28. The third-order valence-corrected chi connectivity index (χ3v) is 1.57. The van der Waals surface area contributed by atoms with Gasteiger partial charge in [0.05, 0.1) is 5.69 Å². The second-order valence-electron chi connectivity index (χ2n) is 2.59. The molecule has 1 aromatic rings. The van der Waals surface area contributed by atoms with Gasteiger partial charge in [0, 0.05) is 7.05 Å². The van der Waals surface area contributed by atoms with E-state index in [4.69, 9.17) is 0 Å². The van der Waals surface area contributed by atoms with Gasteiger partial charge in [-0.05, 0) is 31.0 Å². The molecule has 0 heterocycles. The maximum Gasteiger partial charge on any atom is 0.0884 e. The first-order chi connectivity index (χ1) is 5.24. The van der Waals surface area contributed by atoms with Crippen LogP contribution in [0.4, 0.5) is 5.69 Å². The fourth-order valence-corrected chi connectivity index (χ4v) is 0.935. The zero-order valence-electron chi connectivity index (χ0n) is 7.13. The highest BCUT2D eigenvalue weighted by molar-refractivity contribution is 5.46. The highest BCUT2D eigenvalue weighted by atomic mass is 15.1. The van der Waals surface area contributed by atoms with Gasteiger partial charge in [-0.3, -0.25) is 0 Å². The van der Waals surface area contributed by atoms with E-state index in [1.54, 1.807) is 7.05 Å². The molecule has 58 valence electrons. The summed E-state index contributed by atoms with van der Waals surface area (Å²) in [7, 11) is 1.68. The molecule has 0 fully saturated rings. The lowest BCUT2D eigenvalue weighted by atomic mass is 10.1. The zero-order valence-corrected chi connectivity index (χ0v) is 7.13. The Morgan fingerprint density at radius 2 is 1.91 bits per heavy atom. The van der Waals surface area contributed by atoms with Gasteiger partial charge in [-0.15, -0.1) is 0 Å². The van der Waals surface area contributed by atoms with Gasteiger partial charge >= 0.3 is 0 Å². The Bertz CT molecular complexity index is 277. The molecule has 2 heteroatoms. The SMILES string of the molecule is C/N=N/c1cc(C)ccc1C. The van der Waals surface area contributed by atoms with Crippen LogP contribution in [0.3, 0.4) is 0 Å². The average Bonchev–Trinajstić information content (AvgIpc) is 1.98. The van der Waals surface area contributed by atoms with Crippen LogP contribution in [0, 0.1) is 13.8 Å². The Morgan fingerprint density at radius 1 is 1.18 bits per heavy atom. The van der Waals surface area contributed by atoms with Gasteiger partial charge in [0.15, 0.2) is 0 Å². The molecule has 0 aliphatic heterocycles. The number of nitrogens with zero attached hydrogens (tertiary/aromatic N) is 2. The molecule has 0 bridgehead atoms. The van der Waals surface area contributed by atoms with E-state index in [9.17, 15) is 0 Å². The summed E-state index contributed by atoms with van der Waals surface area (Å²) in [4.78, 5) is 0. The molecule has 0 amide bonds. The number of rotatable bonds is 1. The third kappa shape index (κ3) is 1.87. The molecule has 0 atom stereocenters. The average molecular weight is 148 g/mol. The molecule has 1 aromatic carbocycles. The van der Waals surface area contributed by atoms with Crippen molar-refractivity contribution in [2.24, 2.45) is 10.2 Å². The Kier molecular flexibility index (Phi) is 2.36. The molecular formula is C9H12N2. The molecule has 0 saturated carbocycles. The van der Waals surface area contributed by atoms with Gasteiger partial charge in [-0.2, -0.15) is 10.2 Å². The lowest BCUT2D eigenvalue weighted by Crippen LogP contribution is -1.75. The number of azo groups is 1. The van der Waals surface area contributed by atoms with Crippen LogP contribution in [0.1, 0.15) is 11.1 Å². The van der Waals surface area contributed by atoms with Crippen LogP contribution < -0.4 is 0 Å². The second-order valence-corrected chi connectivity index (χ2v) is 2.59. The molecule has 0 saturated heterocycles. The predicted molar refractivity (Wildman–Crippen MR) is 46.4 cm³/mol. The largest absolute Gasteiger partial charge is 0.192 e. The van der Waals surface area contributed by atoms with Crippen LogP contribution in [0.2, 0.25) is 0 Å². The summed E-state index contributed by atoms with van der Waals surface area (Å²) >= 11 is 0. The molecule has 0 unspecified atom stereocenters. The summed E-state index contributed by atoms with van der Waals surface area (Å²) in [6.45, 7) is 4.08. The molecule has 11 heavy (non-hydrogen) atoms. The van der Waals surface area contributed by atoms with E-state index in [1.807, 2.05) is 19.9 Å². The molecule has 0 N–H and O–H groups in total. The third-order valence-electron chi connectivity index (χ3n) is 1.57. The monoisotopic (exact) mass is 148 g/mol. The normalized spacial score (nSPS) is 10.8. The van der Waals surface area contributed by atoms with Crippen LogP contribution in [0.15, 0.2) is 28.4 Å². The molecule has 0 spiro atoms. The van der Waals surface area contributed by atoms with Crippen molar-refractivity contribution in [2.75, 3.05) is 7.05 Å². The highest BCUT2D eigenvalue weighted by Crippen LogP contribution is 2.19. The van der Waals surface area contributed by atoms with Gasteiger partial charge in [-0.25, -0.2) is 0 Å². The summed E-state index contributed by atoms with van der Waals surface area (Å²) in [5, 5.41) is 7.72. The van der Waals surface area contributed by atoms with Crippen LogP contribution >= 0.6 is 0 Å². The van der Waals surface area contributed by atoms with Crippen LogP contribution in [-0.2, 0) is 0 Å². The van der Waals surface area contributed by atoms with Crippen LogP contribution in [0.5, 0.6) is 0 Å². The van der Waals surface area contributed by atoms with Gasteiger partial charge in [-0.1, -0.05) is 12.1 Å². The van der Waals surface area contributed by atoms with Crippen molar-refractivity contribution < 1.29 is 0 Å². The van der Waals surface area contributed by atoms with E-state index in [-0.39, 0.29) is 0 Å². The van der Waals surface area contributed by atoms with Crippen molar-refractivity contribution in [3.05, 3.63) is 29.3 Å². The van der Waals surface area contributed by atoms with Gasteiger partial charge in [0.1, 0.15) is 0 Å². The van der Waals surface area contributed by atoms with Gasteiger partial charge < -0.3 is 0 Å². The van der Waals surface area contributed by atoms with Crippen LogP contribution in [0.25, 0.3) is 0 Å². The number of benzene rings is 1. The van der Waals surface area contributed by atoms with Gasteiger partial charge in [0.2, 0.25) is 0 Å². The number of aryl methyl sites for hydroxylation is 2. The maximum absolute atomic E-state index is 3.99. The van der Waals surface area contributed by atoms with Crippen molar-refractivity contribution in [1.29, 1.82) is 0 Å². The summed E-state index contributed by atoms with van der Waals surface area (Å²) in [6, 6.07) is 6.16. The smallest absolute Gasteiger partial charge is 0.0884 e. The van der Waals surface area contributed by atoms with Crippen LogP contribution in [-0.4, -0.2) is 7.05 Å². The Labute approximate surface area is 67.0 Å². The lowest BCUT2D eigenvalue weighted by Gasteiger charge is -1.98. The minimum atomic E-state index is 0.965. The van der Waals surface area contributed by atoms with E-state index in [0.717, 1.165) is 5.69 Å². The quantitative estimate of drug-likeness (QED) is 0.547. The molecule has 0 radical (unpaired) electrons. The fourth-order valence-electron chi connectivity index (χ4n) is 0.935. The van der Waals surface area contributed by atoms with E-state index < -0.39 is 0 Å². The molecule has 0 aliphatic carbocycles. The Morgan fingerprint density at radius 3 is 2.55 bits per heavy atom. The first-order valence-electron chi connectivity index (χ1n) is 3.61. The summed E-state index contributed by atoms with van der Waals surface area (Å²) in [5.41, 5.74) is 3.35. The van der Waals surface area contributed by atoms with Crippen molar-refractivity contribution >= 4 is 5.69 Å². The fraction of sp³-hybridized carbons (Fsp3) is 0.333. The topological polar surface area (TPSA) is 24.7 Å². The van der Waals surface area contributed by atoms with E-state index in [0.29, 0.717) is 0 Å². The highest BCUT2D eigenvalue weighted by Gasteiger charge is 1.94. The summed E-state index contributed by atoms with van der Waals surface area (Å²) in [5.74, 6) is 0. The first-order valence-corrected chi connectivity index (χ1v) is 3.61. The summed E-state index contributed by atoms with van der Waals surface area (Å²) in [6.07, 6.45) is 0. The molecule has 0 aliphatic rings. The van der Waals surface area contributed by atoms with Crippen molar-refractivity contribution in [2.45, 2.75) is 13.8 Å². The van der Waals surface area contributed by atoms with Gasteiger partial charge in [0.25, 0.3) is 0 Å². The maximum atomic E-state index is 3.99. The number of hydrogen-bond acceptors (Lipinski definition) is 2. The van der Waals surface area contributed by atoms with Crippen molar-refractivity contribution in [1.82, 2.24) is 0 Å². The minimum absolute atomic E-state index is 0.965. The van der Waals surface area contributed by atoms with Crippen molar-refractivity contribution in [3.63, 3.8) is 0 Å². The minimum Gasteiger partial charge on any atom is -0.192 e. The Hall–Kier alpha value is -1.18. The first kappa shape index (κ1) is 7.92. The number of hydrogen-bond donors (Lipinski definition) is 0. The predicted octanol–water partition coefficient (Wildman–Crippen LogP) is 3.02. The molecule has 1 rings (SSSR count). The zero-order chi connectivity index (χ0) is 8.27. The summed E-state index contributed by atoms with van der Waals surface area (Å²) < 4.78 is 0. The molecular weight excluding hydrogens is 136 g/mol. The standard InChI is InChI=1S/C9H12N2/c1-7-4-5-8(2)9(6-7)11-10-3/h4-6H,1-3H3/b11-10+. The Balaban J connectivity index is 3.12. The molecule has 2 nitrogen and oxygen atoms in total. The van der Waals surface area contributed by atoms with E-state index >= 15 is 0 Å². The lowest BCUT2D eigenvalue weighted by molar-refractivity contribution is 1.15.